The van der Waals surface area contributed by atoms with Gasteiger partial charge in [-0.25, -0.2) is 0 Å². The molecule has 2 aliphatic rings. The van der Waals surface area contributed by atoms with Gasteiger partial charge >= 0.3 is 0 Å². The first-order valence-corrected chi connectivity index (χ1v) is 7.42. The Kier molecular flexibility index (Phi) is 4.53. The summed E-state index contributed by atoms with van der Waals surface area (Å²) in [5.41, 5.74) is 0. The van der Waals surface area contributed by atoms with Gasteiger partial charge in [0.1, 0.15) is 0 Å². The summed E-state index contributed by atoms with van der Waals surface area (Å²) in [5, 5.41) is 23.2. The van der Waals surface area contributed by atoms with Gasteiger partial charge in [-0.15, -0.1) is 11.8 Å². The van der Waals surface area contributed by atoms with Gasteiger partial charge in [-0.2, -0.15) is 0 Å². The van der Waals surface area contributed by atoms with Gasteiger partial charge in [0.25, 0.3) is 0 Å². The zero-order valence-corrected chi connectivity index (χ0v) is 11.4. The van der Waals surface area contributed by atoms with Gasteiger partial charge in [-0.05, 0) is 36.6 Å². The van der Waals surface area contributed by atoms with Crippen LogP contribution in [0.2, 0.25) is 0 Å². The minimum Gasteiger partial charge on any atom is -0.390 e. The molecule has 0 aromatic rings. The molecule has 17 heavy (non-hydrogen) atoms. The van der Waals surface area contributed by atoms with Crippen molar-refractivity contribution in [3.63, 3.8) is 0 Å². The van der Waals surface area contributed by atoms with Gasteiger partial charge in [-0.1, -0.05) is 19.9 Å². The third-order valence-corrected chi connectivity index (χ3v) is 5.10. The van der Waals surface area contributed by atoms with Crippen molar-refractivity contribution in [3.8, 4) is 0 Å². The molecule has 2 rings (SSSR count). The highest BCUT2D eigenvalue weighted by atomic mass is 32.2. The molecule has 1 fully saturated rings. The van der Waals surface area contributed by atoms with E-state index in [2.05, 4.69) is 25.2 Å². The summed E-state index contributed by atoms with van der Waals surface area (Å²) in [5.74, 6) is 0.465. The number of thioether (sulfide) groups is 1. The van der Waals surface area contributed by atoms with Crippen LogP contribution in [-0.4, -0.2) is 40.3 Å². The van der Waals surface area contributed by atoms with Crippen molar-refractivity contribution < 1.29 is 10.2 Å². The van der Waals surface area contributed by atoms with Crippen LogP contribution in [0.5, 0.6) is 0 Å². The van der Waals surface area contributed by atoms with E-state index in [1.807, 2.05) is 0 Å². The van der Waals surface area contributed by atoms with Crippen LogP contribution in [0, 0.1) is 5.92 Å². The van der Waals surface area contributed by atoms with E-state index in [0.717, 1.165) is 25.8 Å². The molecule has 0 saturated heterocycles. The zero-order chi connectivity index (χ0) is 12.4. The lowest BCUT2D eigenvalue weighted by atomic mass is 9.85. The molecule has 4 atom stereocenters. The summed E-state index contributed by atoms with van der Waals surface area (Å²) in [4.78, 5) is 1.38. The molecule has 1 aliphatic heterocycles. The minimum absolute atomic E-state index is 0.188. The molecule has 0 aromatic carbocycles. The van der Waals surface area contributed by atoms with Crippen molar-refractivity contribution in [1.82, 2.24) is 5.32 Å². The van der Waals surface area contributed by atoms with Gasteiger partial charge in [0.05, 0.1) is 12.2 Å². The monoisotopic (exact) mass is 257 g/mol. The lowest BCUT2D eigenvalue weighted by Gasteiger charge is -2.33. The maximum atomic E-state index is 9.96. The maximum absolute atomic E-state index is 9.96. The second-order valence-electron chi connectivity index (χ2n) is 5.37. The van der Waals surface area contributed by atoms with Crippen LogP contribution in [0.1, 0.15) is 33.1 Å². The molecule has 0 bridgehead atoms. The Labute approximate surface area is 108 Å². The number of aliphatic hydroxyl groups excluding tert-OH is 2. The fraction of sp³-hybridized carbons (Fsp3) is 0.846. The SMILES string of the molecule is CC(C)NCCC1=CC2CCC(O)C(O)C2S1. The number of hydrogen-bond donors (Lipinski definition) is 3. The largest absolute Gasteiger partial charge is 0.390 e. The smallest absolute Gasteiger partial charge is 0.0926 e. The topological polar surface area (TPSA) is 52.5 Å². The Hall–Kier alpha value is -0.0300. The normalized spacial score (nSPS) is 37.1. The van der Waals surface area contributed by atoms with E-state index in [9.17, 15) is 10.2 Å². The minimum atomic E-state index is -0.550. The Morgan fingerprint density at radius 2 is 2.18 bits per heavy atom. The summed E-state index contributed by atoms with van der Waals surface area (Å²) in [6.45, 7) is 5.29. The summed E-state index contributed by atoms with van der Waals surface area (Å²) < 4.78 is 0. The molecule has 1 aliphatic carbocycles. The van der Waals surface area contributed by atoms with Crippen molar-refractivity contribution in [3.05, 3.63) is 11.0 Å². The van der Waals surface area contributed by atoms with E-state index in [4.69, 9.17) is 0 Å². The molecular formula is C13H23NO2S. The predicted octanol–water partition coefficient (Wildman–Crippen LogP) is 1.51. The van der Waals surface area contributed by atoms with Crippen molar-refractivity contribution in [2.75, 3.05) is 6.54 Å². The van der Waals surface area contributed by atoms with E-state index in [1.54, 1.807) is 11.8 Å². The highest BCUT2D eigenvalue weighted by Gasteiger charge is 2.40. The average Bonchev–Trinajstić information content (AvgIpc) is 2.67. The molecule has 4 heteroatoms. The molecule has 3 nitrogen and oxygen atoms in total. The number of rotatable bonds is 4. The van der Waals surface area contributed by atoms with Crippen LogP contribution in [0.25, 0.3) is 0 Å². The third kappa shape index (κ3) is 3.25. The van der Waals surface area contributed by atoms with E-state index in [-0.39, 0.29) is 5.25 Å². The van der Waals surface area contributed by atoms with Crippen LogP contribution in [0.3, 0.4) is 0 Å². The Morgan fingerprint density at radius 3 is 2.88 bits per heavy atom. The van der Waals surface area contributed by atoms with Gasteiger partial charge in [0, 0.05) is 11.3 Å². The van der Waals surface area contributed by atoms with E-state index < -0.39 is 12.2 Å². The first-order valence-electron chi connectivity index (χ1n) is 6.55. The Balaban J connectivity index is 1.83. The molecule has 98 valence electrons. The molecule has 0 amide bonds. The van der Waals surface area contributed by atoms with Crippen LogP contribution in [-0.2, 0) is 0 Å². The molecular weight excluding hydrogens is 234 g/mol. The fourth-order valence-corrected chi connectivity index (χ4v) is 4.12. The molecule has 0 aromatic heterocycles. The van der Waals surface area contributed by atoms with Crippen molar-refractivity contribution >= 4 is 11.8 Å². The standard InChI is InChI=1S/C13H23NO2S/c1-8(2)14-6-5-10-7-9-3-4-11(15)12(16)13(9)17-10/h7-9,11-16H,3-6H2,1-2H3. The Bertz CT molecular complexity index is 293. The average molecular weight is 257 g/mol. The number of allylic oxidation sites excluding steroid dienone is 1. The second kappa shape index (κ2) is 5.74. The molecule has 3 N–H and O–H groups in total. The van der Waals surface area contributed by atoms with E-state index in [1.165, 1.54) is 4.91 Å². The van der Waals surface area contributed by atoms with Crippen molar-refractivity contribution in [1.29, 1.82) is 0 Å². The first kappa shape index (κ1) is 13.4. The van der Waals surface area contributed by atoms with Gasteiger partial charge < -0.3 is 15.5 Å². The molecule has 0 radical (unpaired) electrons. The van der Waals surface area contributed by atoms with E-state index >= 15 is 0 Å². The van der Waals surface area contributed by atoms with Crippen LogP contribution >= 0.6 is 11.8 Å². The maximum Gasteiger partial charge on any atom is 0.0926 e. The van der Waals surface area contributed by atoms with Crippen LogP contribution in [0.15, 0.2) is 11.0 Å². The highest BCUT2D eigenvalue weighted by molar-refractivity contribution is 8.04. The number of fused-ring (bicyclic) bond motifs is 1. The van der Waals surface area contributed by atoms with Gasteiger partial charge in [0.15, 0.2) is 0 Å². The summed E-state index contributed by atoms with van der Waals surface area (Å²) in [7, 11) is 0. The molecule has 1 saturated carbocycles. The van der Waals surface area contributed by atoms with Crippen LogP contribution < -0.4 is 5.32 Å². The summed E-state index contributed by atoms with van der Waals surface area (Å²) >= 11 is 1.77. The lowest BCUT2D eigenvalue weighted by molar-refractivity contribution is -0.0132. The highest BCUT2D eigenvalue weighted by Crippen LogP contribution is 2.45. The van der Waals surface area contributed by atoms with Gasteiger partial charge in [0.2, 0.25) is 0 Å². The van der Waals surface area contributed by atoms with Crippen molar-refractivity contribution in [2.24, 2.45) is 5.92 Å². The predicted molar refractivity (Wildman–Crippen MR) is 72.0 cm³/mol. The van der Waals surface area contributed by atoms with Crippen LogP contribution in [0.4, 0.5) is 0 Å². The first-order chi connectivity index (χ1) is 8.08. The molecule has 0 spiro atoms. The number of nitrogens with one attached hydrogen (secondary N) is 1. The zero-order valence-electron chi connectivity index (χ0n) is 10.6. The quantitative estimate of drug-likeness (QED) is 0.714. The third-order valence-electron chi connectivity index (χ3n) is 3.56. The second-order valence-corrected chi connectivity index (χ2v) is 6.68. The molecule has 4 unspecified atom stereocenters. The fourth-order valence-electron chi connectivity index (χ4n) is 2.58. The van der Waals surface area contributed by atoms with E-state index in [0.29, 0.717) is 12.0 Å². The van der Waals surface area contributed by atoms with Crippen molar-refractivity contribution in [2.45, 2.75) is 56.6 Å². The number of hydrogen-bond acceptors (Lipinski definition) is 4. The van der Waals surface area contributed by atoms with Gasteiger partial charge in [-0.3, -0.25) is 0 Å². The summed E-state index contributed by atoms with van der Waals surface area (Å²) in [6.07, 6.45) is 4.02. The molecule has 1 heterocycles. The number of aliphatic hydroxyl groups is 2. The Morgan fingerprint density at radius 1 is 1.41 bits per heavy atom. The summed E-state index contributed by atoms with van der Waals surface area (Å²) in [6, 6.07) is 0.525. The lowest BCUT2D eigenvalue weighted by Crippen LogP contribution is -2.42.